The van der Waals surface area contributed by atoms with Crippen LogP contribution in [0.5, 0.6) is 0 Å². The summed E-state index contributed by atoms with van der Waals surface area (Å²) in [6, 6.07) is 4.18. The standard InChI is InChI=1S/C14H21N5/c1-11-9-14(13(10-15)12(2)18-11)17-5-8-19-6-3-16-4-7-19/h9,16H,3-8H2,1-2H3,(H,17,18). The van der Waals surface area contributed by atoms with Gasteiger partial charge in [-0.15, -0.1) is 0 Å². The van der Waals surface area contributed by atoms with Crippen molar-refractivity contribution < 1.29 is 0 Å². The van der Waals surface area contributed by atoms with Crippen LogP contribution >= 0.6 is 0 Å². The molecule has 1 aromatic rings. The number of nitrogens with one attached hydrogen (secondary N) is 2. The zero-order valence-corrected chi connectivity index (χ0v) is 11.7. The fourth-order valence-electron chi connectivity index (χ4n) is 2.39. The summed E-state index contributed by atoms with van der Waals surface area (Å²) < 4.78 is 0. The lowest BCUT2D eigenvalue weighted by molar-refractivity contribution is 0.249. The Labute approximate surface area is 114 Å². The first-order valence-electron chi connectivity index (χ1n) is 6.76. The number of pyridine rings is 1. The lowest BCUT2D eigenvalue weighted by atomic mass is 10.1. The third-order valence-corrected chi connectivity index (χ3v) is 3.39. The minimum Gasteiger partial charge on any atom is -0.383 e. The normalized spacial score (nSPS) is 16.1. The van der Waals surface area contributed by atoms with Gasteiger partial charge in [0.15, 0.2) is 0 Å². The number of nitriles is 1. The summed E-state index contributed by atoms with van der Waals surface area (Å²) in [5.74, 6) is 0. The Kier molecular flexibility index (Phi) is 4.72. The fraction of sp³-hybridized carbons (Fsp3) is 0.571. The van der Waals surface area contributed by atoms with Gasteiger partial charge in [0.1, 0.15) is 6.07 Å². The summed E-state index contributed by atoms with van der Waals surface area (Å²) in [5.41, 5.74) is 3.31. The van der Waals surface area contributed by atoms with Crippen LogP contribution in [0.15, 0.2) is 6.07 Å². The number of aromatic nitrogens is 1. The van der Waals surface area contributed by atoms with Crippen molar-refractivity contribution in [3.63, 3.8) is 0 Å². The number of aryl methyl sites for hydroxylation is 2. The summed E-state index contributed by atoms with van der Waals surface area (Å²) >= 11 is 0. The highest BCUT2D eigenvalue weighted by Gasteiger charge is 2.10. The van der Waals surface area contributed by atoms with E-state index in [4.69, 9.17) is 0 Å². The van der Waals surface area contributed by atoms with Crippen molar-refractivity contribution in [2.75, 3.05) is 44.6 Å². The second-order valence-corrected chi connectivity index (χ2v) is 4.90. The van der Waals surface area contributed by atoms with Gasteiger partial charge in [-0.1, -0.05) is 0 Å². The maximum atomic E-state index is 9.19. The minimum absolute atomic E-state index is 0.658. The van der Waals surface area contributed by atoms with Crippen molar-refractivity contribution in [1.29, 1.82) is 5.26 Å². The van der Waals surface area contributed by atoms with E-state index < -0.39 is 0 Å². The molecule has 5 nitrogen and oxygen atoms in total. The van der Waals surface area contributed by atoms with E-state index in [9.17, 15) is 5.26 Å². The number of nitrogens with zero attached hydrogens (tertiary/aromatic N) is 3. The average molecular weight is 259 g/mol. The molecule has 19 heavy (non-hydrogen) atoms. The highest BCUT2D eigenvalue weighted by molar-refractivity contribution is 5.59. The van der Waals surface area contributed by atoms with Gasteiger partial charge in [-0.05, 0) is 19.9 Å². The first kappa shape index (κ1) is 13.8. The molecule has 2 N–H and O–H groups in total. The topological polar surface area (TPSA) is 64.0 Å². The van der Waals surface area contributed by atoms with Crippen LogP contribution in [0.2, 0.25) is 0 Å². The number of piperazine rings is 1. The van der Waals surface area contributed by atoms with E-state index in [0.717, 1.165) is 56.3 Å². The van der Waals surface area contributed by atoms with Crippen LogP contribution in [-0.2, 0) is 0 Å². The molecule has 1 aliphatic rings. The molecule has 0 bridgehead atoms. The molecular formula is C14H21N5. The zero-order chi connectivity index (χ0) is 13.7. The predicted molar refractivity (Wildman–Crippen MR) is 76.2 cm³/mol. The van der Waals surface area contributed by atoms with Crippen molar-refractivity contribution >= 4 is 5.69 Å². The van der Waals surface area contributed by atoms with Gasteiger partial charge < -0.3 is 10.6 Å². The van der Waals surface area contributed by atoms with Gasteiger partial charge in [-0.2, -0.15) is 5.26 Å². The Bertz CT molecular complexity index is 471. The zero-order valence-electron chi connectivity index (χ0n) is 11.7. The van der Waals surface area contributed by atoms with Crippen molar-refractivity contribution in [2.24, 2.45) is 0 Å². The number of hydrogen-bond acceptors (Lipinski definition) is 5. The van der Waals surface area contributed by atoms with Crippen molar-refractivity contribution in [3.05, 3.63) is 23.0 Å². The van der Waals surface area contributed by atoms with Gasteiger partial charge in [0.25, 0.3) is 0 Å². The van der Waals surface area contributed by atoms with Crippen LogP contribution < -0.4 is 10.6 Å². The quantitative estimate of drug-likeness (QED) is 0.840. The lowest BCUT2D eigenvalue weighted by Gasteiger charge is -2.27. The Balaban J connectivity index is 1.93. The van der Waals surface area contributed by atoms with Gasteiger partial charge >= 0.3 is 0 Å². The van der Waals surface area contributed by atoms with Gasteiger partial charge in [0.05, 0.1) is 16.9 Å². The number of rotatable bonds is 4. The molecule has 5 heteroatoms. The molecule has 0 spiro atoms. The second-order valence-electron chi connectivity index (χ2n) is 4.90. The lowest BCUT2D eigenvalue weighted by Crippen LogP contribution is -2.45. The maximum Gasteiger partial charge on any atom is 0.103 e. The summed E-state index contributed by atoms with van der Waals surface area (Å²) in [7, 11) is 0. The molecule has 0 aliphatic carbocycles. The molecule has 102 valence electrons. The van der Waals surface area contributed by atoms with Crippen molar-refractivity contribution in [2.45, 2.75) is 13.8 Å². The second kappa shape index (κ2) is 6.50. The SMILES string of the molecule is Cc1cc(NCCN2CCNCC2)c(C#N)c(C)n1. The van der Waals surface area contributed by atoms with E-state index in [2.05, 4.69) is 26.6 Å². The Morgan fingerprint density at radius 3 is 2.84 bits per heavy atom. The third-order valence-electron chi connectivity index (χ3n) is 3.39. The van der Waals surface area contributed by atoms with Crippen LogP contribution in [-0.4, -0.2) is 49.2 Å². The molecule has 0 atom stereocenters. The summed E-state index contributed by atoms with van der Waals surface area (Å²) in [4.78, 5) is 6.75. The minimum atomic E-state index is 0.658. The van der Waals surface area contributed by atoms with E-state index >= 15 is 0 Å². The highest BCUT2D eigenvalue weighted by atomic mass is 15.2. The van der Waals surface area contributed by atoms with Crippen molar-refractivity contribution in [1.82, 2.24) is 15.2 Å². The van der Waals surface area contributed by atoms with E-state index in [1.54, 1.807) is 0 Å². The molecule has 1 saturated heterocycles. The van der Waals surface area contributed by atoms with Crippen LogP contribution in [0, 0.1) is 25.2 Å². The van der Waals surface area contributed by atoms with Gasteiger partial charge in [-0.25, -0.2) is 0 Å². The van der Waals surface area contributed by atoms with Gasteiger partial charge in [-0.3, -0.25) is 9.88 Å². The maximum absolute atomic E-state index is 9.19. The van der Waals surface area contributed by atoms with Crippen LogP contribution in [0.25, 0.3) is 0 Å². The molecule has 2 heterocycles. The largest absolute Gasteiger partial charge is 0.383 e. The molecule has 0 radical (unpaired) electrons. The van der Waals surface area contributed by atoms with E-state index in [1.807, 2.05) is 19.9 Å². The summed E-state index contributed by atoms with van der Waals surface area (Å²) in [6.07, 6.45) is 0. The Hall–Kier alpha value is -1.64. The van der Waals surface area contributed by atoms with E-state index in [0.29, 0.717) is 5.56 Å². The molecule has 1 fully saturated rings. The van der Waals surface area contributed by atoms with Gasteiger partial charge in [0, 0.05) is 45.0 Å². The molecule has 2 rings (SSSR count). The first-order valence-corrected chi connectivity index (χ1v) is 6.76. The fourth-order valence-corrected chi connectivity index (χ4v) is 2.39. The predicted octanol–water partition coefficient (Wildman–Crippen LogP) is 0.887. The third kappa shape index (κ3) is 3.66. The monoisotopic (exact) mass is 259 g/mol. The van der Waals surface area contributed by atoms with Crippen LogP contribution in [0.4, 0.5) is 5.69 Å². The molecule has 0 saturated carbocycles. The van der Waals surface area contributed by atoms with E-state index in [-0.39, 0.29) is 0 Å². The Morgan fingerprint density at radius 2 is 2.16 bits per heavy atom. The average Bonchev–Trinajstić information content (AvgIpc) is 2.39. The van der Waals surface area contributed by atoms with E-state index in [1.165, 1.54) is 0 Å². The summed E-state index contributed by atoms with van der Waals surface area (Å²) in [6.45, 7) is 10.0. The highest BCUT2D eigenvalue weighted by Crippen LogP contribution is 2.18. The number of hydrogen-bond donors (Lipinski definition) is 2. The van der Waals surface area contributed by atoms with Crippen LogP contribution in [0.3, 0.4) is 0 Å². The molecule has 1 aromatic heterocycles. The molecule has 1 aliphatic heterocycles. The molecule has 0 amide bonds. The smallest absolute Gasteiger partial charge is 0.103 e. The Morgan fingerprint density at radius 1 is 1.42 bits per heavy atom. The van der Waals surface area contributed by atoms with Crippen LogP contribution in [0.1, 0.15) is 17.0 Å². The molecule has 0 aromatic carbocycles. The van der Waals surface area contributed by atoms with Gasteiger partial charge in [0.2, 0.25) is 0 Å². The number of anilines is 1. The van der Waals surface area contributed by atoms with Crippen molar-refractivity contribution in [3.8, 4) is 6.07 Å². The molecule has 0 unspecified atom stereocenters. The summed E-state index contributed by atoms with van der Waals surface area (Å²) in [5, 5.41) is 15.9. The first-order chi connectivity index (χ1) is 9.20. The molecular weight excluding hydrogens is 238 g/mol.